The van der Waals surface area contributed by atoms with Crippen LogP contribution in [-0.4, -0.2) is 25.6 Å². The van der Waals surface area contributed by atoms with Crippen LogP contribution in [-0.2, 0) is 11.2 Å². The van der Waals surface area contributed by atoms with Crippen LogP contribution < -0.4 is 15.0 Å². The molecular formula is C19H22N2O2. The molecule has 1 amide bonds. The highest BCUT2D eigenvalue weighted by Crippen LogP contribution is 2.26. The maximum Gasteiger partial charge on any atom is 0.221 e. The highest BCUT2D eigenvalue weighted by Gasteiger charge is 2.15. The van der Waals surface area contributed by atoms with Crippen molar-refractivity contribution < 1.29 is 9.53 Å². The van der Waals surface area contributed by atoms with E-state index in [9.17, 15) is 4.79 Å². The number of hydrogen-bond donors (Lipinski definition) is 1. The van der Waals surface area contributed by atoms with Gasteiger partial charge in [-0.3, -0.25) is 4.79 Å². The molecule has 0 saturated heterocycles. The molecule has 1 aliphatic heterocycles. The van der Waals surface area contributed by atoms with E-state index in [0.29, 0.717) is 6.61 Å². The predicted octanol–water partition coefficient (Wildman–Crippen LogP) is 3.48. The van der Waals surface area contributed by atoms with E-state index in [1.165, 1.54) is 24.6 Å². The zero-order valence-electron chi connectivity index (χ0n) is 13.4. The molecule has 0 bridgehead atoms. The molecule has 0 unspecified atom stereocenters. The SMILES string of the molecule is CC(=O)Nc1ccc(OCCN2CCCc3ccccc32)cc1. The summed E-state index contributed by atoms with van der Waals surface area (Å²) in [4.78, 5) is 13.4. The number of amides is 1. The molecule has 4 nitrogen and oxygen atoms in total. The molecule has 23 heavy (non-hydrogen) atoms. The Labute approximate surface area is 137 Å². The van der Waals surface area contributed by atoms with Crippen molar-refractivity contribution in [1.82, 2.24) is 0 Å². The van der Waals surface area contributed by atoms with Crippen molar-refractivity contribution in [3.63, 3.8) is 0 Å². The van der Waals surface area contributed by atoms with Crippen molar-refractivity contribution in [2.45, 2.75) is 19.8 Å². The Morgan fingerprint density at radius 2 is 1.96 bits per heavy atom. The van der Waals surface area contributed by atoms with Gasteiger partial charge in [-0.15, -0.1) is 0 Å². The fourth-order valence-electron chi connectivity index (χ4n) is 2.96. The topological polar surface area (TPSA) is 41.6 Å². The summed E-state index contributed by atoms with van der Waals surface area (Å²) >= 11 is 0. The van der Waals surface area contributed by atoms with Crippen LogP contribution >= 0.6 is 0 Å². The standard InChI is InChI=1S/C19H22N2O2/c1-15(22)20-17-8-10-18(11-9-17)23-14-13-21-12-4-6-16-5-2-3-7-19(16)21/h2-3,5,7-11H,4,6,12-14H2,1H3,(H,20,22). The molecule has 1 aliphatic rings. The van der Waals surface area contributed by atoms with E-state index >= 15 is 0 Å². The van der Waals surface area contributed by atoms with Crippen LogP contribution in [0.3, 0.4) is 0 Å². The number of ether oxygens (including phenoxy) is 1. The molecule has 0 radical (unpaired) electrons. The lowest BCUT2D eigenvalue weighted by Crippen LogP contribution is -2.33. The first-order valence-corrected chi connectivity index (χ1v) is 8.06. The fraction of sp³-hybridized carbons (Fsp3) is 0.316. The first kappa shape index (κ1) is 15.4. The molecule has 0 atom stereocenters. The monoisotopic (exact) mass is 310 g/mol. The summed E-state index contributed by atoms with van der Waals surface area (Å²) in [5.74, 6) is 0.756. The van der Waals surface area contributed by atoms with Crippen LogP contribution in [0, 0.1) is 0 Å². The van der Waals surface area contributed by atoms with E-state index in [4.69, 9.17) is 4.74 Å². The van der Waals surface area contributed by atoms with Crippen LogP contribution in [0.15, 0.2) is 48.5 Å². The van der Waals surface area contributed by atoms with Gasteiger partial charge in [0.05, 0.1) is 6.54 Å². The fourth-order valence-corrected chi connectivity index (χ4v) is 2.96. The number of rotatable bonds is 5. The molecule has 0 aromatic heterocycles. The smallest absolute Gasteiger partial charge is 0.221 e. The third-order valence-corrected chi connectivity index (χ3v) is 4.01. The summed E-state index contributed by atoms with van der Waals surface area (Å²) in [6.45, 7) is 4.11. The molecule has 0 saturated carbocycles. The molecular weight excluding hydrogens is 288 g/mol. The molecule has 1 N–H and O–H groups in total. The zero-order chi connectivity index (χ0) is 16.1. The van der Waals surface area contributed by atoms with E-state index in [2.05, 4.69) is 34.5 Å². The summed E-state index contributed by atoms with van der Waals surface area (Å²) in [6.07, 6.45) is 2.36. The van der Waals surface area contributed by atoms with Crippen LogP contribution in [0.5, 0.6) is 5.75 Å². The normalized spacial score (nSPS) is 13.3. The molecule has 3 rings (SSSR count). The molecule has 2 aromatic rings. The third kappa shape index (κ3) is 4.03. The number of carbonyl (C=O) groups excluding carboxylic acids is 1. The Hall–Kier alpha value is -2.49. The number of aryl methyl sites for hydroxylation is 1. The summed E-state index contributed by atoms with van der Waals surface area (Å²) in [5, 5.41) is 2.75. The molecule has 0 spiro atoms. The van der Waals surface area contributed by atoms with E-state index in [-0.39, 0.29) is 5.91 Å². The van der Waals surface area contributed by atoms with E-state index in [0.717, 1.165) is 30.9 Å². The van der Waals surface area contributed by atoms with Gasteiger partial charge >= 0.3 is 0 Å². The number of hydrogen-bond acceptors (Lipinski definition) is 3. The molecule has 4 heteroatoms. The van der Waals surface area contributed by atoms with Gasteiger partial charge < -0.3 is 15.0 Å². The molecule has 0 aliphatic carbocycles. The molecule has 120 valence electrons. The van der Waals surface area contributed by atoms with Crippen LogP contribution in [0.25, 0.3) is 0 Å². The number of fused-ring (bicyclic) bond motifs is 1. The number of carbonyl (C=O) groups is 1. The van der Waals surface area contributed by atoms with E-state index < -0.39 is 0 Å². The molecule has 0 fully saturated rings. The lowest BCUT2D eigenvalue weighted by atomic mass is 10.0. The maximum atomic E-state index is 11.0. The van der Waals surface area contributed by atoms with Gasteiger partial charge in [0.25, 0.3) is 0 Å². The van der Waals surface area contributed by atoms with Gasteiger partial charge in [-0.1, -0.05) is 18.2 Å². The summed E-state index contributed by atoms with van der Waals surface area (Å²) in [6, 6.07) is 16.1. The minimum absolute atomic E-state index is 0.0672. The first-order valence-electron chi connectivity index (χ1n) is 8.06. The second-order valence-corrected chi connectivity index (χ2v) is 5.77. The number of anilines is 2. The van der Waals surface area contributed by atoms with E-state index in [1.54, 1.807) is 0 Å². The minimum atomic E-state index is -0.0672. The lowest BCUT2D eigenvalue weighted by molar-refractivity contribution is -0.114. The van der Waals surface area contributed by atoms with Crippen LogP contribution in [0.1, 0.15) is 18.9 Å². The quantitative estimate of drug-likeness (QED) is 0.919. The minimum Gasteiger partial charge on any atom is -0.492 e. The van der Waals surface area contributed by atoms with Crippen molar-refractivity contribution >= 4 is 17.3 Å². The van der Waals surface area contributed by atoms with Gasteiger partial charge in [-0.2, -0.15) is 0 Å². The van der Waals surface area contributed by atoms with Gasteiger partial charge in [0.15, 0.2) is 0 Å². The Morgan fingerprint density at radius 1 is 1.17 bits per heavy atom. The second-order valence-electron chi connectivity index (χ2n) is 5.77. The highest BCUT2D eigenvalue weighted by molar-refractivity contribution is 5.88. The zero-order valence-corrected chi connectivity index (χ0v) is 13.4. The van der Waals surface area contributed by atoms with E-state index in [1.807, 2.05) is 24.3 Å². The first-order chi connectivity index (χ1) is 11.2. The average Bonchev–Trinajstić information content (AvgIpc) is 2.56. The van der Waals surface area contributed by atoms with Crippen molar-refractivity contribution in [2.75, 3.05) is 29.9 Å². The van der Waals surface area contributed by atoms with Crippen molar-refractivity contribution in [2.24, 2.45) is 0 Å². The summed E-state index contributed by atoms with van der Waals surface area (Å²) in [7, 11) is 0. The van der Waals surface area contributed by atoms with Gasteiger partial charge in [-0.05, 0) is 48.7 Å². The van der Waals surface area contributed by atoms with Gasteiger partial charge in [-0.25, -0.2) is 0 Å². The Bertz CT molecular complexity index is 667. The Kier molecular flexibility index (Phi) is 4.81. The molecule has 1 heterocycles. The van der Waals surface area contributed by atoms with Crippen LogP contribution in [0.4, 0.5) is 11.4 Å². The van der Waals surface area contributed by atoms with Crippen molar-refractivity contribution in [1.29, 1.82) is 0 Å². The number of para-hydroxylation sites is 1. The second kappa shape index (κ2) is 7.18. The summed E-state index contributed by atoms with van der Waals surface area (Å²) in [5.41, 5.74) is 3.55. The Balaban J connectivity index is 1.53. The average molecular weight is 310 g/mol. The predicted molar refractivity (Wildman–Crippen MR) is 93.2 cm³/mol. The highest BCUT2D eigenvalue weighted by atomic mass is 16.5. The van der Waals surface area contributed by atoms with Gasteiger partial charge in [0.1, 0.15) is 12.4 Å². The van der Waals surface area contributed by atoms with Crippen molar-refractivity contribution in [3.8, 4) is 5.75 Å². The van der Waals surface area contributed by atoms with Gasteiger partial charge in [0.2, 0.25) is 5.91 Å². The largest absolute Gasteiger partial charge is 0.492 e. The maximum absolute atomic E-state index is 11.0. The van der Waals surface area contributed by atoms with Crippen LogP contribution in [0.2, 0.25) is 0 Å². The summed E-state index contributed by atoms with van der Waals surface area (Å²) < 4.78 is 5.83. The number of nitrogens with zero attached hydrogens (tertiary/aromatic N) is 1. The number of benzene rings is 2. The van der Waals surface area contributed by atoms with Gasteiger partial charge in [0, 0.05) is 24.8 Å². The van der Waals surface area contributed by atoms with Crippen molar-refractivity contribution in [3.05, 3.63) is 54.1 Å². The molecule has 2 aromatic carbocycles. The third-order valence-electron chi connectivity index (χ3n) is 4.01. The lowest BCUT2D eigenvalue weighted by Gasteiger charge is -2.31. The number of nitrogens with one attached hydrogen (secondary N) is 1. The Morgan fingerprint density at radius 3 is 2.74 bits per heavy atom.